The number of nitrogens with zero attached hydrogens (tertiary/aromatic N) is 1. The second kappa shape index (κ2) is 9.14. The van der Waals surface area contributed by atoms with Crippen molar-refractivity contribution in [1.82, 2.24) is 10.2 Å². The van der Waals surface area contributed by atoms with E-state index in [9.17, 15) is 14.4 Å². The molecule has 1 aliphatic heterocycles. The third-order valence-corrected chi connectivity index (χ3v) is 4.92. The van der Waals surface area contributed by atoms with Gasteiger partial charge < -0.3 is 11.1 Å². The third-order valence-electron chi connectivity index (χ3n) is 4.92. The minimum atomic E-state index is -0.872. The first-order chi connectivity index (χ1) is 13.5. The maximum atomic E-state index is 12.6. The van der Waals surface area contributed by atoms with Crippen LogP contribution in [-0.2, 0) is 9.59 Å². The zero-order valence-corrected chi connectivity index (χ0v) is 15.5. The molecule has 3 rings (SSSR count). The highest BCUT2D eigenvalue weighted by molar-refractivity contribution is 5.97. The van der Waals surface area contributed by atoms with Crippen LogP contribution in [-0.4, -0.2) is 35.8 Å². The molecule has 4 amide bonds. The highest BCUT2D eigenvalue weighted by atomic mass is 16.2. The topological polar surface area (TPSA) is 105 Å². The Labute approximate surface area is 163 Å². The van der Waals surface area contributed by atoms with E-state index in [4.69, 9.17) is 5.73 Å². The van der Waals surface area contributed by atoms with Crippen LogP contribution in [0.25, 0.3) is 0 Å². The van der Waals surface area contributed by atoms with Crippen molar-refractivity contribution >= 4 is 23.5 Å². The van der Waals surface area contributed by atoms with Crippen LogP contribution in [0.1, 0.15) is 24.4 Å². The number of rotatable bonds is 5. The Hall–Kier alpha value is -3.19. The Bertz CT molecular complexity index is 818. The number of nitrogens with one attached hydrogen (secondary N) is 2. The molecule has 28 heavy (non-hydrogen) atoms. The summed E-state index contributed by atoms with van der Waals surface area (Å²) in [4.78, 5) is 38.2. The highest BCUT2D eigenvalue weighted by Gasteiger charge is 2.33. The van der Waals surface area contributed by atoms with Crippen molar-refractivity contribution in [1.29, 1.82) is 0 Å². The number of urea groups is 1. The zero-order chi connectivity index (χ0) is 19.9. The standard InChI is InChI=1S/C21H24N4O3/c22-21(28)24-20(27)18(15-7-3-1-4-8-15)25-13-11-16(12-14-25)19(26)23-17-9-5-2-6-10-17/h1-10,16,18H,11-14H2,(H,23,26)(H3,22,24,27,28). The summed E-state index contributed by atoms with van der Waals surface area (Å²) in [5, 5.41) is 5.12. The average Bonchev–Trinajstić information content (AvgIpc) is 2.70. The van der Waals surface area contributed by atoms with E-state index in [1.165, 1.54) is 0 Å². The Morgan fingerprint density at radius 3 is 2.07 bits per heavy atom. The second-order valence-electron chi connectivity index (χ2n) is 6.83. The molecule has 0 bridgehead atoms. The number of benzene rings is 2. The summed E-state index contributed by atoms with van der Waals surface area (Å²) >= 11 is 0. The number of carbonyl (C=O) groups is 3. The van der Waals surface area contributed by atoms with E-state index in [2.05, 4.69) is 10.6 Å². The Morgan fingerprint density at radius 1 is 0.929 bits per heavy atom. The summed E-state index contributed by atoms with van der Waals surface area (Å²) in [5.41, 5.74) is 6.69. The fourth-order valence-corrected chi connectivity index (χ4v) is 3.54. The van der Waals surface area contributed by atoms with Gasteiger partial charge in [0.25, 0.3) is 0 Å². The van der Waals surface area contributed by atoms with Crippen molar-refractivity contribution < 1.29 is 14.4 Å². The van der Waals surface area contributed by atoms with E-state index in [-0.39, 0.29) is 11.8 Å². The van der Waals surface area contributed by atoms with Gasteiger partial charge in [0.1, 0.15) is 6.04 Å². The number of nitrogens with two attached hydrogens (primary N) is 1. The van der Waals surface area contributed by atoms with Crippen molar-refractivity contribution in [2.75, 3.05) is 18.4 Å². The van der Waals surface area contributed by atoms with E-state index in [0.29, 0.717) is 25.9 Å². The summed E-state index contributed by atoms with van der Waals surface area (Å²) in [6.07, 6.45) is 1.26. The van der Waals surface area contributed by atoms with E-state index in [1.807, 2.05) is 65.6 Å². The second-order valence-corrected chi connectivity index (χ2v) is 6.83. The molecular formula is C21H24N4O3. The molecule has 1 unspecified atom stereocenters. The van der Waals surface area contributed by atoms with Crippen LogP contribution in [0.5, 0.6) is 0 Å². The van der Waals surface area contributed by atoms with Gasteiger partial charge in [-0.25, -0.2) is 4.79 Å². The number of anilines is 1. The van der Waals surface area contributed by atoms with Gasteiger partial charge in [0.2, 0.25) is 11.8 Å². The van der Waals surface area contributed by atoms with Gasteiger partial charge in [-0.15, -0.1) is 0 Å². The van der Waals surface area contributed by atoms with Crippen molar-refractivity contribution in [2.45, 2.75) is 18.9 Å². The van der Waals surface area contributed by atoms with Gasteiger partial charge in [0, 0.05) is 11.6 Å². The van der Waals surface area contributed by atoms with Crippen molar-refractivity contribution in [3.05, 3.63) is 66.2 Å². The molecule has 0 spiro atoms. The quantitative estimate of drug-likeness (QED) is 0.740. The zero-order valence-electron chi connectivity index (χ0n) is 15.5. The first kappa shape index (κ1) is 19.6. The lowest BCUT2D eigenvalue weighted by Crippen LogP contribution is -2.48. The number of amides is 4. The molecule has 2 aromatic rings. The van der Waals surface area contributed by atoms with Gasteiger partial charge in [-0.2, -0.15) is 0 Å². The van der Waals surface area contributed by atoms with Gasteiger partial charge >= 0.3 is 6.03 Å². The third kappa shape index (κ3) is 4.95. The fourth-order valence-electron chi connectivity index (χ4n) is 3.54. The summed E-state index contributed by atoms with van der Waals surface area (Å²) in [6, 6.07) is 17.1. The lowest BCUT2D eigenvalue weighted by molar-refractivity contribution is -0.126. The maximum absolute atomic E-state index is 12.6. The van der Waals surface area contributed by atoms with Gasteiger partial charge in [-0.3, -0.25) is 19.8 Å². The number of hydrogen-bond acceptors (Lipinski definition) is 4. The number of hydrogen-bond donors (Lipinski definition) is 3. The molecule has 146 valence electrons. The summed E-state index contributed by atoms with van der Waals surface area (Å²) in [5.74, 6) is -0.582. The van der Waals surface area contributed by atoms with Crippen LogP contribution in [0.15, 0.2) is 60.7 Å². The molecule has 1 heterocycles. The lowest BCUT2D eigenvalue weighted by atomic mass is 9.93. The van der Waals surface area contributed by atoms with Gasteiger partial charge in [0.15, 0.2) is 0 Å². The summed E-state index contributed by atoms with van der Waals surface area (Å²) in [7, 11) is 0. The molecule has 0 aromatic heterocycles. The van der Waals surface area contributed by atoms with E-state index in [0.717, 1.165) is 11.3 Å². The van der Waals surface area contributed by atoms with Crippen molar-refractivity contribution in [2.24, 2.45) is 11.7 Å². The largest absolute Gasteiger partial charge is 0.351 e. The predicted molar refractivity (Wildman–Crippen MR) is 106 cm³/mol. The molecule has 1 atom stereocenters. The van der Waals surface area contributed by atoms with Crippen LogP contribution in [0, 0.1) is 5.92 Å². The van der Waals surface area contributed by atoms with Crippen LogP contribution < -0.4 is 16.4 Å². The van der Waals surface area contributed by atoms with E-state index >= 15 is 0 Å². The van der Waals surface area contributed by atoms with Gasteiger partial charge in [0.05, 0.1) is 0 Å². The number of imide groups is 1. The lowest BCUT2D eigenvalue weighted by Gasteiger charge is -2.36. The van der Waals surface area contributed by atoms with Crippen molar-refractivity contribution in [3.63, 3.8) is 0 Å². The fraction of sp³-hybridized carbons (Fsp3) is 0.286. The molecule has 7 nitrogen and oxygen atoms in total. The molecule has 1 saturated heterocycles. The summed E-state index contributed by atoms with van der Waals surface area (Å²) < 4.78 is 0. The summed E-state index contributed by atoms with van der Waals surface area (Å²) in [6.45, 7) is 1.14. The minimum Gasteiger partial charge on any atom is -0.351 e. The molecule has 4 N–H and O–H groups in total. The smallest absolute Gasteiger partial charge is 0.318 e. The number of primary amides is 1. The molecule has 7 heteroatoms. The minimum absolute atomic E-state index is 0.0105. The highest BCUT2D eigenvalue weighted by Crippen LogP contribution is 2.28. The molecule has 1 aliphatic rings. The van der Waals surface area contributed by atoms with Gasteiger partial charge in [-0.1, -0.05) is 48.5 Å². The molecule has 1 fully saturated rings. The van der Waals surface area contributed by atoms with Crippen LogP contribution in [0.4, 0.5) is 10.5 Å². The number of carbonyl (C=O) groups excluding carboxylic acids is 3. The molecule has 0 saturated carbocycles. The number of piperidine rings is 1. The molecule has 0 radical (unpaired) electrons. The Balaban J connectivity index is 1.65. The van der Waals surface area contributed by atoms with Crippen molar-refractivity contribution in [3.8, 4) is 0 Å². The normalized spacial score (nSPS) is 16.1. The number of para-hydroxylation sites is 1. The van der Waals surface area contributed by atoms with E-state index in [1.54, 1.807) is 0 Å². The SMILES string of the molecule is NC(=O)NC(=O)C(c1ccccc1)N1CCC(C(=O)Nc2ccccc2)CC1. The predicted octanol–water partition coefficient (Wildman–Crippen LogP) is 2.27. The molecule has 2 aromatic carbocycles. The number of likely N-dealkylation sites (tertiary alicyclic amines) is 1. The van der Waals surface area contributed by atoms with E-state index < -0.39 is 18.0 Å². The maximum Gasteiger partial charge on any atom is 0.318 e. The van der Waals surface area contributed by atoms with Crippen LogP contribution in [0.3, 0.4) is 0 Å². The molecular weight excluding hydrogens is 356 g/mol. The monoisotopic (exact) mass is 380 g/mol. The van der Waals surface area contributed by atoms with Gasteiger partial charge in [-0.05, 0) is 43.6 Å². The van der Waals surface area contributed by atoms with Crippen LogP contribution >= 0.6 is 0 Å². The molecule has 0 aliphatic carbocycles. The Morgan fingerprint density at radius 2 is 1.50 bits per heavy atom. The Kier molecular flexibility index (Phi) is 6.39. The first-order valence-electron chi connectivity index (χ1n) is 9.30. The first-order valence-corrected chi connectivity index (χ1v) is 9.30. The van der Waals surface area contributed by atoms with Crippen LogP contribution in [0.2, 0.25) is 0 Å². The average molecular weight is 380 g/mol.